The van der Waals surface area contributed by atoms with E-state index in [1.54, 1.807) is 48.5 Å². The monoisotopic (exact) mass is 1550 g/mol. The van der Waals surface area contributed by atoms with Crippen molar-refractivity contribution >= 4 is 159 Å². The van der Waals surface area contributed by atoms with E-state index in [4.69, 9.17) is 13.2 Å². The van der Waals surface area contributed by atoms with E-state index in [9.17, 15) is 75.8 Å². The van der Waals surface area contributed by atoms with E-state index >= 15 is 0 Å². The predicted molar refractivity (Wildman–Crippen MR) is 409 cm³/mol. The lowest BCUT2D eigenvalue weighted by molar-refractivity contribution is -0.432. The van der Waals surface area contributed by atoms with Crippen molar-refractivity contribution in [2.24, 2.45) is 0 Å². The second kappa shape index (κ2) is 27.4. The smallest absolute Gasteiger partial charge is 0.295 e. The number of nitrogens with zero attached hydrogens (tertiary/aromatic N) is 6. The zero-order chi connectivity index (χ0) is 78.2. The van der Waals surface area contributed by atoms with Gasteiger partial charge in [-0.2, -0.15) is 8.42 Å². The lowest BCUT2D eigenvalue weighted by Gasteiger charge is -2.35. The van der Waals surface area contributed by atoms with Gasteiger partial charge in [-0.25, -0.2) is 20.0 Å². The van der Waals surface area contributed by atoms with E-state index in [2.05, 4.69) is 38.2 Å². The second-order valence-electron chi connectivity index (χ2n) is 28.5. The lowest BCUT2D eigenvalue weighted by Crippen LogP contribution is -2.46. The highest BCUT2D eigenvalue weighted by Gasteiger charge is 2.45. The molecule has 6 heterocycles. The highest BCUT2D eigenvalue weighted by atomic mass is 32.2. The maximum atomic E-state index is 14.5. The fraction of sp³-hybridized carbons (Fsp3) is 0.175. The van der Waals surface area contributed by atoms with Crippen LogP contribution in [0, 0.1) is 6.92 Å². The molecule has 0 atom stereocenters. The number of hydrogen-bond donors (Lipinski definition) is 2. The van der Waals surface area contributed by atoms with Crippen LogP contribution in [0.25, 0.3) is 43.4 Å². The van der Waals surface area contributed by atoms with Gasteiger partial charge in [0.1, 0.15) is 16.4 Å². The number of carbonyl (C=O) groups excluding carboxylic acids is 12. The van der Waals surface area contributed by atoms with Crippen LogP contribution in [0.15, 0.2) is 168 Å². The van der Waals surface area contributed by atoms with Crippen molar-refractivity contribution in [1.29, 1.82) is 0 Å². The maximum Gasteiger partial charge on any atom is 0.295 e. The van der Waals surface area contributed by atoms with Gasteiger partial charge >= 0.3 is 0 Å². The Morgan fingerprint density at radius 1 is 0.391 bits per heavy atom. The van der Waals surface area contributed by atoms with Gasteiger partial charge in [0.15, 0.2) is 16.6 Å². The molecule has 2 N–H and O–H groups in total. The Bertz CT molecular complexity index is 5810. The molecule has 554 valence electrons. The molecule has 6 aliphatic rings. The molecular formula is C80H64N6O20S2Si2. The first-order valence-corrected chi connectivity index (χ1v) is 43.2. The molecular weight excluding hydrogens is 1490 g/mol. The molecule has 0 spiro atoms. The number of hydrogen-bond acceptors (Lipinski definition) is 20. The van der Waals surface area contributed by atoms with Gasteiger partial charge in [0, 0.05) is 130 Å². The topological polar surface area (TPSA) is 336 Å². The standard InChI is InChI=1S/C52H46N4O15S2Si2.C28H18N2O5/c1-7-8-23-74(3,4)71-75(5,6)24-9-22-54-47(59)33-16-20-37-44-38(21-17-34(42(33)44)48(54)60)50(62)55(49(37)61)27-10-12-29(39(25-27)72-70-69-65)30-13-11-28(26-40(30)73(66,67)68)56-51(63)35-18-14-31-41-32(46(58)53(2)45(31)57)15-19-36(43(35)41)52(56)64;1-15-3-7-17(8-4-15)35-18-9-5-16(6-10-18)30-27(33)21-13-11-19-23-20(26(32)29(2)25(19)31)12-14-22(24(21)23)28(30)34/h10-21,25-26,65H,7-9,22-24H2,1-6H3,(H,66,67,68);3-14H,1-2H3. The summed E-state index contributed by atoms with van der Waals surface area (Å²) in [4.78, 5) is 169. The Balaban J connectivity index is 0.000000227. The van der Waals surface area contributed by atoms with Crippen molar-refractivity contribution in [1.82, 2.24) is 14.7 Å². The van der Waals surface area contributed by atoms with E-state index in [0.29, 0.717) is 62.4 Å². The molecule has 0 radical (unpaired) electrons. The number of benzene rings is 10. The van der Waals surface area contributed by atoms with Crippen LogP contribution in [0.1, 0.15) is 156 Å². The summed E-state index contributed by atoms with van der Waals surface area (Å²) >= 11 is 0.330. The SMILES string of the molecule is CCCC[Si](C)(C)O[Si](C)(C)CCCN1C(=O)c2ccc3c4c(ccc(c24)C1=O)C(=O)N(c1ccc(-c2ccc(N4C(=O)c5ccc6c7c(ccc(c57)C4=O)C(=O)N(C)C6=O)cc2S(=O)(=O)O)c(SOOO)c1)C3=O.Cc1ccc(Oc2ccc(N3C(=O)c4ccc5c6c(ccc(c46)C3=O)C(=O)N(C)C5=O)cc2)cc1. The minimum absolute atomic E-state index is 0.0100. The molecule has 0 aromatic heterocycles. The van der Waals surface area contributed by atoms with Crippen molar-refractivity contribution in [3.8, 4) is 22.6 Å². The zero-order valence-corrected chi connectivity index (χ0v) is 63.6. The van der Waals surface area contributed by atoms with Gasteiger partial charge < -0.3 is 8.85 Å². The van der Waals surface area contributed by atoms with Crippen LogP contribution in [-0.2, 0) is 23.6 Å². The molecule has 0 fully saturated rings. The molecule has 0 unspecified atom stereocenters. The quantitative estimate of drug-likeness (QED) is 0.0190. The van der Waals surface area contributed by atoms with Crippen molar-refractivity contribution < 1.29 is 94.0 Å². The third kappa shape index (κ3) is 12.1. The summed E-state index contributed by atoms with van der Waals surface area (Å²) in [7, 11) is -6.51. The Labute approximate surface area is 633 Å². The fourth-order valence-electron chi connectivity index (χ4n) is 15.4. The van der Waals surface area contributed by atoms with Gasteiger partial charge in [0.2, 0.25) is 0 Å². The molecule has 10 aromatic carbocycles. The Hall–Kier alpha value is -11.8. The Morgan fingerprint density at radius 2 is 0.700 bits per heavy atom. The van der Waals surface area contributed by atoms with Gasteiger partial charge in [0.05, 0.1) is 29.1 Å². The molecule has 0 aliphatic carbocycles. The molecule has 30 heteroatoms. The summed E-state index contributed by atoms with van der Waals surface area (Å²) in [5.41, 5.74) is 2.45. The van der Waals surface area contributed by atoms with Gasteiger partial charge in [-0.1, -0.05) is 54.6 Å². The first-order chi connectivity index (χ1) is 52.3. The maximum absolute atomic E-state index is 14.5. The van der Waals surface area contributed by atoms with E-state index in [0.717, 1.165) is 56.2 Å². The number of amides is 12. The van der Waals surface area contributed by atoms with Crippen LogP contribution in [-0.4, -0.2) is 141 Å². The summed E-state index contributed by atoms with van der Waals surface area (Å²) in [5.74, 6) is -6.57. The summed E-state index contributed by atoms with van der Waals surface area (Å²) in [6.07, 6.45) is 2.72. The third-order valence-corrected chi connectivity index (χ3v) is 29.6. The molecule has 0 saturated carbocycles. The summed E-state index contributed by atoms with van der Waals surface area (Å²) in [6, 6.07) is 40.6. The van der Waals surface area contributed by atoms with Gasteiger partial charge in [-0.3, -0.25) is 76.8 Å². The van der Waals surface area contributed by atoms with E-state index in [1.165, 1.54) is 97.9 Å². The first-order valence-electron chi connectivity index (χ1n) is 34.8. The molecule has 12 amide bonds. The van der Waals surface area contributed by atoms with E-state index < -0.39 is 103 Å². The van der Waals surface area contributed by atoms with Crippen LogP contribution in [0.5, 0.6) is 11.5 Å². The number of ether oxygens (including phenoxy) is 1. The summed E-state index contributed by atoms with van der Waals surface area (Å²) in [5, 5.41) is 14.3. The number of carbonyl (C=O) groups is 12. The number of unbranched alkanes of at least 4 members (excludes halogenated alkanes) is 1. The summed E-state index contributed by atoms with van der Waals surface area (Å²) in [6.45, 7) is 13.0. The van der Waals surface area contributed by atoms with E-state index in [-0.39, 0.29) is 111 Å². The minimum Gasteiger partial charge on any atom is -0.457 e. The highest BCUT2D eigenvalue weighted by molar-refractivity contribution is 7.94. The fourth-order valence-corrected chi connectivity index (χ4v) is 25.7. The molecule has 26 nitrogen and oxygen atoms in total. The van der Waals surface area contributed by atoms with Crippen LogP contribution >= 0.6 is 12.0 Å². The van der Waals surface area contributed by atoms with Crippen LogP contribution < -0.4 is 19.4 Å². The lowest BCUT2D eigenvalue weighted by atomic mass is 9.85. The van der Waals surface area contributed by atoms with Crippen molar-refractivity contribution in [2.75, 3.05) is 35.3 Å². The third-order valence-electron chi connectivity index (χ3n) is 20.5. The second-order valence-corrected chi connectivity index (χ2v) is 39.4. The number of aryl methyl sites for hydroxylation is 1. The molecule has 0 saturated heterocycles. The number of rotatable bonds is 19. The summed E-state index contributed by atoms with van der Waals surface area (Å²) < 4.78 is 54.5. The molecule has 110 heavy (non-hydrogen) atoms. The number of anilines is 3. The van der Waals surface area contributed by atoms with Gasteiger partial charge in [-0.15, -0.1) is 4.33 Å². The van der Waals surface area contributed by atoms with E-state index in [1.807, 2.05) is 31.2 Å². The average molecular weight is 1550 g/mol. The molecule has 10 aromatic rings. The highest BCUT2D eigenvalue weighted by Crippen LogP contribution is 2.47. The molecule has 6 aliphatic heterocycles. The van der Waals surface area contributed by atoms with Crippen molar-refractivity contribution in [2.45, 2.75) is 81.2 Å². The van der Waals surface area contributed by atoms with Crippen LogP contribution in [0.2, 0.25) is 38.3 Å². The Kier molecular flexibility index (Phi) is 18.3. The first kappa shape index (κ1) is 73.7. The molecule has 16 rings (SSSR count). The van der Waals surface area contributed by atoms with Crippen molar-refractivity contribution in [3.05, 3.63) is 230 Å². The Morgan fingerprint density at radius 3 is 1.06 bits per heavy atom. The zero-order valence-electron chi connectivity index (χ0n) is 60.0. The largest absolute Gasteiger partial charge is 0.457 e. The van der Waals surface area contributed by atoms with Crippen molar-refractivity contribution in [3.63, 3.8) is 0 Å². The molecule has 0 bridgehead atoms. The average Bonchev–Trinajstić information content (AvgIpc) is 0.719. The van der Waals surface area contributed by atoms with Gasteiger partial charge in [0.25, 0.3) is 81.0 Å². The minimum atomic E-state index is -5.21. The predicted octanol–water partition coefficient (Wildman–Crippen LogP) is 14.3. The van der Waals surface area contributed by atoms with Crippen LogP contribution in [0.3, 0.4) is 0 Å². The van der Waals surface area contributed by atoms with Crippen LogP contribution in [0.4, 0.5) is 17.1 Å². The normalized spacial score (nSPS) is 15.4. The van der Waals surface area contributed by atoms with Gasteiger partial charge in [-0.05, 0) is 191 Å². The number of imide groups is 6.